The highest BCUT2D eigenvalue weighted by Gasteiger charge is 2.22. The Hall–Kier alpha value is -1.62. The summed E-state index contributed by atoms with van der Waals surface area (Å²) in [6.07, 6.45) is 0. The van der Waals surface area contributed by atoms with Gasteiger partial charge in [-0.15, -0.1) is 24.8 Å². The first-order valence-corrected chi connectivity index (χ1v) is 6.80. The van der Waals surface area contributed by atoms with Crippen LogP contribution in [-0.2, 0) is 6.54 Å². The molecule has 0 saturated carbocycles. The molecule has 0 unspecified atom stereocenters. The molecule has 0 spiro atoms. The lowest BCUT2D eigenvalue weighted by molar-refractivity contribution is 0.0982. The van der Waals surface area contributed by atoms with Gasteiger partial charge in [0.1, 0.15) is 5.69 Å². The topological polar surface area (TPSA) is 45.2 Å². The van der Waals surface area contributed by atoms with Crippen LogP contribution in [0.15, 0.2) is 42.5 Å². The first-order chi connectivity index (χ1) is 9.75. The summed E-state index contributed by atoms with van der Waals surface area (Å²) in [5, 5.41) is 3.34. The Morgan fingerprint density at radius 3 is 2.68 bits per heavy atom. The van der Waals surface area contributed by atoms with Crippen LogP contribution < -0.4 is 10.2 Å². The Labute approximate surface area is 142 Å². The zero-order valence-electron chi connectivity index (χ0n) is 12.3. The number of hydrogen-bond acceptors (Lipinski definition) is 3. The third-order valence-corrected chi connectivity index (χ3v) is 3.46. The van der Waals surface area contributed by atoms with Crippen molar-refractivity contribution in [1.29, 1.82) is 0 Å². The largest absolute Gasteiger partial charge is 0.311 e. The highest BCUT2D eigenvalue weighted by Crippen LogP contribution is 2.23. The van der Waals surface area contributed by atoms with Crippen LogP contribution in [-0.4, -0.2) is 24.0 Å². The molecule has 2 heterocycles. The standard InChI is InChI=1S/C16H17N3O.2ClH/c1-12-5-4-7-14(18-12)16(20)19-10-9-17-11-13-6-2-3-8-15(13)19;;/h2-8,17H,9-11H2,1H3;2*1H. The van der Waals surface area contributed by atoms with Gasteiger partial charge in [0.05, 0.1) is 0 Å². The summed E-state index contributed by atoms with van der Waals surface area (Å²) in [6.45, 7) is 4.13. The van der Waals surface area contributed by atoms with Gasteiger partial charge < -0.3 is 10.2 Å². The minimum Gasteiger partial charge on any atom is -0.311 e. The molecular formula is C16H19Cl2N3O. The summed E-state index contributed by atoms with van der Waals surface area (Å²) in [6, 6.07) is 13.6. The highest BCUT2D eigenvalue weighted by molar-refractivity contribution is 6.05. The molecule has 0 atom stereocenters. The molecule has 1 aromatic carbocycles. The van der Waals surface area contributed by atoms with Gasteiger partial charge in [-0.1, -0.05) is 24.3 Å². The molecule has 1 N–H and O–H groups in total. The SMILES string of the molecule is Cc1cccc(C(=O)N2CCNCc3ccccc32)n1.Cl.Cl. The zero-order chi connectivity index (χ0) is 13.9. The fourth-order valence-electron chi connectivity index (χ4n) is 2.47. The lowest BCUT2D eigenvalue weighted by atomic mass is 10.1. The van der Waals surface area contributed by atoms with Gasteiger partial charge in [0.25, 0.3) is 5.91 Å². The van der Waals surface area contributed by atoms with Crippen molar-refractivity contribution >= 4 is 36.4 Å². The number of fused-ring (bicyclic) bond motifs is 1. The van der Waals surface area contributed by atoms with E-state index in [4.69, 9.17) is 0 Å². The molecule has 1 aromatic heterocycles. The number of benzene rings is 1. The van der Waals surface area contributed by atoms with Crippen LogP contribution in [0.2, 0.25) is 0 Å². The molecule has 1 aliphatic rings. The summed E-state index contributed by atoms with van der Waals surface area (Å²) < 4.78 is 0. The molecule has 0 saturated heterocycles. The van der Waals surface area contributed by atoms with Crippen molar-refractivity contribution in [1.82, 2.24) is 10.3 Å². The molecule has 2 aromatic rings. The molecular weight excluding hydrogens is 321 g/mol. The lowest BCUT2D eigenvalue weighted by Gasteiger charge is -2.22. The molecule has 0 aliphatic carbocycles. The van der Waals surface area contributed by atoms with Crippen molar-refractivity contribution in [3.05, 3.63) is 59.4 Å². The Morgan fingerprint density at radius 2 is 1.91 bits per heavy atom. The van der Waals surface area contributed by atoms with Crippen LogP contribution in [0.4, 0.5) is 5.69 Å². The second-order valence-electron chi connectivity index (χ2n) is 4.93. The van der Waals surface area contributed by atoms with Gasteiger partial charge in [0.15, 0.2) is 0 Å². The van der Waals surface area contributed by atoms with E-state index in [1.54, 1.807) is 6.07 Å². The van der Waals surface area contributed by atoms with Gasteiger partial charge >= 0.3 is 0 Å². The maximum absolute atomic E-state index is 12.7. The smallest absolute Gasteiger partial charge is 0.276 e. The number of nitrogens with zero attached hydrogens (tertiary/aromatic N) is 2. The predicted octanol–water partition coefficient (Wildman–Crippen LogP) is 2.98. The van der Waals surface area contributed by atoms with E-state index in [9.17, 15) is 4.79 Å². The monoisotopic (exact) mass is 339 g/mol. The second kappa shape index (κ2) is 8.13. The fraction of sp³-hybridized carbons (Fsp3) is 0.250. The normalized spacial score (nSPS) is 13.2. The maximum Gasteiger partial charge on any atom is 0.276 e. The molecule has 22 heavy (non-hydrogen) atoms. The number of amides is 1. The molecule has 0 fully saturated rings. The number of halogens is 2. The molecule has 118 valence electrons. The summed E-state index contributed by atoms with van der Waals surface area (Å²) in [7, 11) is 0. The zero-order valence-corrected chi connectivity index (χ0v) is 13.9. The van der Waals surface area contributed by atoms with Crippen molar-refractivity contribution in [3.63, 3.8) is 0 Å². The number of aromatic nitrogens is 1. The number of para-hydroxylation sites is 1. The number of aryl methyl sites for hydroxylation is 1. The van der Waals surface area contributed by atoms with E-state index in [2.05, 4.69) is 16.4 Å². The maximum atomic E-state index is 12.7. The van der Waals surface area contributed by atoms with Crippen molar-refractivity contribution in [2.24, 2.45) is 0 Å². The first kappa shape index (κ1) is 18.4. The number of rotatable bonds is 1. The van der Waals surface area contributed by atoms with Gasteiger partial charge in [-0.3, -0.25) is 4.79 Å². The van der Waals surface area contributed by atoms with Gasteiger partial charge in [0, 0.05) is 31.0 Å². The van der Waals surface area contributed by atoms with Crippen LogP contribution in [0.25, 0.3) is 0 Å². The van der Waals surface area contributed by atoms with E-state index in [0.717, 1.165) is 30.0 Å². The van der Waals surface area contributed by atoms with Crippen LogP contribution in [0, 0.1) is 6.92 Å². The minimum atomic E-state index is -0.0372. The minimum absolute atomic E-state index is 0. The van der Waals surface area contributed by atoms with Crippen molar-refractivity contribution in [2.75, 3.05) is 18.0 Å². The Morgan fingerprint density at radius 1 is 1.14 bits per heavy atom. The summed E-state index contributed by atoms with van der Waals surface area (Å²) in [4.78, 5) is 18.9. The van der Waals surface area contributed by atoms with Crippen LogP contribution in [0.3, 0.4) is 0 Å². The van der Waals surface area contributed by atoms with Crippen LogP contribution in [0.5, 0.6) is 0 Å². The average Bonchev–Trinajstić information content (AvgIpc) is 2.69. The van der Waals surface area contributed by atoms with Crippen LogP contribution >= 0.6 is 24.8 Å². The van der Waals surface area contributed by atoms with E-state index in [1.807, 2.05) is 42.2 Å². The van der Waals surface area contributed by atoms with Crippen molar-refractivity contribution in [2.45, 2.75) is 13.5 Å². The fourth-order valence-corrected chi connectivity index (χ4v) is 2.47. The highest BCUT2D eigenvalue weighted by atomic mass is 35.5. The molecule has 0 radical (unpaired) electrons. The second-order valence-corrected chi connectivity index (χ2v) is 4.93. The third kappa shape index (κ3) is 3.77. The lowest BCUT2D eigenvalue weighted by Crippen LogP contribution is -2.35. The van der Waals surface area contributed by atoms with Crippen LogP contribution in [0.1, 0.15) is 21.7 Å². The molecule has 6 heteroatoms. The van der Waals surface area contributed by atoms with E-state index in [0.29, 0.717) is 12.2 Å². The third-order valence-electron chi connectivity index (χ3n) is 3.46. The number of carbonyl (C=O) groups excluding carboxylic acids is 1. The number of pyridine rings is 1. The van der Waals surface area contributed by atoms with Gasteiger partial charge in [-0.05, 0) is 30.7 Å². The number of hydrogen-bond donors (Lipinski definition) is 1. The molecule has 0 bridgehead atoms. The molecule has 1 amide bonds. The van der Waals surface area contributed by atoms with E-state index >= 15 is 0 Å². The number of anilines is 1. The number of nitrogens with one attached hydrogen (secondary N) is 1. The number of carbonyl (C=O) groups is 1. The van der Waals surface area contributed by atoms with E-state index in [1.165, 1.54) is 0 Å². The summed E-state index contributed by atoms with van der Waals surface area (Å²) in [5.41, 5.74) is 3.48. The molecule has 1 aliphatic heterocycles. The van der Waals surface area contributed by atoms with Gasteiger partial charge in [0.2, 0.25) is 0 Å². The first-order valence-electron chi connectivity index (χ1n) is 6.80. The van der Waals surface area contributed by atoms with Gasteiger partial charge in [-0.2, -0.15) is 0 Å². The van der Waals surface area contributed by atoms with Crippen molar-refractivity contribution < 1.29 is 4.79 Å². The molecule has 3 rings (SSSR count). The Bertz CT molecular complexity index is 649. The summed E-state index contributed by atoms with van der Waals surface area (Å²) in [5.74, 6) is -0.0372. The molecule has 4 nitrogen and oxygen atoms in total. The summed E-state index contributed by atoms with van der Waals surface area (Å²) >= 11 is 0. The Kier molecular flexibility index (Phi) is 6.81. The predicted molar refractivity (Wildman–Crippen MR) is 93.3 cm³/mol. The quantitative estimate of drug-likeness (QED) is 0.868. The van der Waals surface area contributed by atoms with Gasteiger partial charge in [-0.25, -0.2) is 4.98 Å². The van der Waals surface area contributed by atoms with E-state index < -0.39 is 0 Å². The average molecular weight is 340 g/mol. The van der Waals surface area contributed by atoms with E-state index in [-0.39, 0.29) is 30.7 Å². The van der Waals surface area contributed by atoms with Crippen molar-refractivity contribution in [3.8, 4) is 0 Å². The Balaban J connectivity index is 0.00000121.